The average Bonchev–Trinajstić information content (AvgIpc) is 2.69. The molecule has 1 aliphatic heterocycles. The largest absolute Gasteiger partial charge is 0.369 e. The number of hydrogen-bond acceptors (Lipinski definition) is 2. The van der Waals surface area contributed by atoms with E-state index in [-0.39, 0.29) is 11.7 Å². The predicted octanol–water partition coefficient (Wildman–Crippen LogP) is 4.35. The minimum Gasteiger partial charge on any atom is -0.369 e. The van der Waals surface area contributed by atoms with Gasteiger partial charge in [0.1, 0.15) is 11.9 Å². The van der Waals surface area contributed by atoms with Crippen LogP contribution in [0.1, 0.15) is 11.6 Å². The van der Waals surface area contributed by atoms with Crippen LogP contribution in [0.2, 0.25) is 5.02 Å². The minimum atomic E-state index is -0.550. The van der Waals surface area contributed by atoms with Gasteiger partial charge in [0.25, 0.3) is 5.91 Å². The summed E-state index contributed by atoms with van der Waals surface area (Å²) < 4.78 is 13.6. The minimum absolute atomic E-state index is 0.168. The van der Waals surface area contributed by atoms with Gasteiger partial charge in [0.05, 0.1) is 0 Å². The Hall–Kier alpha value is -1.59. The van der Waals surface area contributed by atoms with Gasteiger partial charge in [-0.15, -0.1) is 0 Å². The molecule has 1 aliphatic rings. The summed E-state index contributed by atoms with van der Waals surface area (Å²) in [5.74, 6) is -0.514. The molecule has 0 spiro atoms. The van der Waals surface area contributed by atoms with E-state index in [2.05, 4.69) is 26.6 Å². The smallest absolute Gasteiger partial charge is 0.251 e. The van der Waals surface area contributed by atoms with Crippen LogP contribution in [-0.4, -0.2) is 5.91 Å². The normalized spacial score (nSPS) is 16.8. The van der Waals surface area contributed by atoms with Gasteiger partial charge in [0.15, 0.2) is 0 Å². The van der Waals surface area contributed by atoms with Crippen molar-refractivity contribution in [3.8, 4) is 0 Å². The molecule has 3 rings (SSSR count). The fourth-order valence-corrected chi connectivity index (χ4v) is 2.78. The second-order valence-electron chi connectivity index (χ2n) is 4.42. The van der Waals surface area contributed by atoms with Crippen LogP contribution in [0, 0.1) is 5.82 Å². The Morgan fingerprint density at radius 1 is 1.25 bits per heavy atom. The van der Waals surface area contributed by atoms with Crippen molar-refractivity contribution in [3.63, 3.8) is 0 Å². The summed E-state index contributed by atoms with van der Waals surface area (Å²) in [6.07, 6.45) is 0. The molecule has 0 fully saturated rings. The molecule has 2 aromatic carbocycles. The maximum atomic E-state index is 13.1. The van der Waals surface area contributed by atoms with Crippen molar-refractivity contribution >= 4 is 44.8 Å². The second-order valence-corrected chi connectivity index (χ2v) is 5.71. The van der Waals surface area contributed by atoms with Gasteiger partial charge in [-0.3, -0.25) is 4.79 Å². The van der Waals surface area contributed by atoms with Crippen LogP contribution in [0.4, 0.5) is 15.8 Å². The van der Waals surface area contributed by atoms with E-state index >= 15 is 0 Å². The Kier molecular flexibility index (Phi) is 3.40. The fraction of sp³-hybridized carbons (Fsp3) is 0.0714. The van der Waals surface area contributed by atoms with Gasteiger partial charge in [-0.05, 0) is 52.3 Å². The van der Waals surface area contributed by atoms with E-state index in [4.69, 9.17) is 11.6 Å². The van der Waals surface area contributed by atoms with Crippen molar-refractivity contribution < 1.29 is 9.18 Å². The van der Waals surface area contributed by atoms with E-state index in [1.54, 1.807) is 24.3 Å². The molecular weight excluding hydrogens is 347 g/mol. The van der Waals surface area contributed by atoms with Crippen molar-refractivity contribution in [2.24, 2.45) is 0 Å². The molecule has 0 aliphatic carbocycles. The molecule has 0 saturated heterocycles. The zero-order valence-corrected chi connectivity index (χ0v) is 12.4. The van der Waals surface area contributed by atoms with Gasteiger partial charge >= 0.3 is 0 Å². The van der Waals surface area contributed by atoms with Crippen molar-refractivity contribution in [2.45, 2.75) is 6.04 Å². The molecule has 0 aromatic heterocycles. The number of fused-ring (bicyclic) bond motifs is 1. The molecule has 0 radical (unpaired) electrons. The highest BCUT2D eigenvalue weighted by Gasteiger charge is 2.30. The highest BCUT2D eigenvalue weighted by Crippen LogP contribution is 2.36. The lowest BCUT2D eigenvalue weighted by atomic mass is 10.1. The molecule has 20 heavy (non-hydrogen) atoms. The summed E-state index contributed by atoms with van der Waals surface area (Å²) in [7, 11) is 0. The van der Waals surface area contributed by atoms with Crippen molar-refractivity contribution in [3.05, 3.63) is 57.3 Å². The lowest BCUT2D eigenvalue weighted by Crippen LogP contribution is -2.19. The van der Waals surface area contributed by atoms with Crippen LogP contribution in [0.3, 0.4) is 0 Å². The van der Waals surface area contributed by atoms with Crippen LogP contribution < -0.4 is 10.6 Å². The number of rotatable bonds is 2. The first-order chi connectivity index (χ1) is 9.54. The van der Waals surface area contributed by atoms with E-state index in [1.165, 1.54) is 12.1 Å². The zero-order chi connectivity index (χ0) is 14.3. The topological polar surface area (TPSA) is 41.1 Å². The van der Waals surface area contributed by atoms with Crippen molar-refractivity contribution in [1.82, 2.24) is 0 Å². The quantitative estimate of drug-likeness (QED) is 0.841. The van der Waals surface area contributed by atoms with Crippen LogP contribution in [0.25, 0.3) is 0 Å². The number of hydrogen-bond donors (Lipinski definition) is 2. The number of halogens is 3. The Balaban J connectivity index is 1.95. The summed E-state index contributed by atoms with van der Waals surface area (Å²) >= 11 is 9.23. The SMILES string of the molecule is O=C1Nc2ccc(Cl)cc2C1Nc1ccc(F)cc1Br. The van der Waals surface area contributed by atoms with Gasteiger partial charge in [0.2, 0.25) is 0 Å². The molecule has 1 amide bonds. The lowest BCUT2D eigenvalue weighted by molar-refractivity contribution is -0.116. The number of carbonyl (C=O) groups excluding carboxylic acids is 1. The molecule has 1 unspecified atom stereocenters. The van der Waals surface area contributed by atoms with Gasteiger partial charge in [-0.25, -0.2) is 4.39 Å². The highest BCUT2D eigenvalue weighted by atomic mass is 79.9. The molecule has 6 heteroatoms. The summed E-state index contributed by atoms with van der Waals surface area (Å²) in [5, 5.41) is 6.42. The molecule has 1 heterocycles. The van der Waals surface area contributed by atoms with Crippen LogP contribution in [-0.2, 0) is 4.79 Å². The standard InChI is InChI=1S/C14H9BrClFN2O/c15-10-6-8(17)2-4-12(10)18-13-9-5-7(16)1-3-11(9)19-14(13)20/h1-6,13,18H,(H,19,20). The summed E-state index contributed by atoms with van der Waals surface area (Å²) in [5.41, 5.74) is 2.15. The number of anilines is 2. The van der Waals surface area contributed by atoms with E-state index in [1.807, 2.05) is 0 Å². The molecule has 2 N–H and O–H groups in total. The first kappa shape index (κ1) is 13.4. The second kappa shape index (κ2) is 5.07. The van der Waals surface area contributed by atoms with E-state index < -0.39 is 6.04 Å². The van der Waals surface area contributed by atoms with Crippen LogP contribution >= 0.6 is 27.5 Å². The summed E-state index contributed by atoms with van der Waals surface area (Å²) in [6, 6.07) is 8.92. The van der Waals surface area contributed by atoms with Gasteiger partial charge in [-0.2, -0.15) is 0 Å². The Bertz CT molecular complexity index is 708. The van der Waals surface area contributed by atoms with E-state index in [0.29, 0.717) is 15.2 Å². The maximum absolute atomic E-state index is 13.1. The first-order valence-corrected chi connectivity index (χ1v) is 7.03. The molecule has 1 atom stereocenters. The highest BCUT2D eigenvalue weighted by molar-refractivity contribution is 9.10. The number of amides is 1. The number of benzene rings is 2. The molecule has 102 valence electrons. The average molecular weight is 356 g/mol. The Morgan fingerprint density at radius 3 is 2.80 bits per heavy atom. The number of nitrogens with one attached hydrogen (secondary N) is 2. The summed E-state index contributed by atoms with van der Waals surface area (Å²) in [4.78, 5) is 12.0. The predicted molar refractivity (Wildman–Crippen MR) is 80.5 cm³/mol. The fourth-order valence-electron chi connectivity index (χ4n) is 2.14. The van der Waals surface area contributed by atoms with Crippen LogP contribution in [0.15, 0.2) is 40.9 Å². The third kappa shape index (κ3) is 2.39. The Morgan fingerprint density at radius 2 is 2.05 bits per heavy atom. The van der Waals surface area contributed by atoms with Crippen molar-refractivity contribution in [2.75, 3.05) is 10.6 Å². The molecule has 0 saturated carbocycles. The molecule has 2 aromatic rings. The molecule has 0 bridgehead atoms. The summed E-state index contributed by atoms with van der Waals surface area (Å²) in [6.45, 7) is 0. The van der Waals surface area contributed by atoms with Gasteiger partial charge in [0, 0.05) is 26.4 Å². The third-order valence-corrected chi connectivity index (χ3v) is 3.97. The molecule has 3 nitrogen and oxygen atoms in total. The van der Waals surface area contributed by atoms with E-state index in [0.717, 1.165) is 11.3 Å². The van der Waals surface area contributed by atoms with Gasteiger partial charge < -0.3 is 10.6 Å². The van der Waals surface area contributed by atoms with Crippen LogP contribution in [0.5, 0.6) is 0 Å². The number of carbonyl (C=O) groups is 1. The third-order valence-electron chi connectivity index (χ3n) is 3.08. The molecular formula is C14H9BrClFN2O. The first-order valence-electron chi connectivity index (χ1n) is 5.86. The Labute approximate surface area is 128 Å². The monoisotopic (exact) mass is 354 g/mol. The van der Waals surface area contributed by atoms with Crippen molar-refractivity contribution in [1.29, 1.82) is 0 Å². The zero-order valence-electron chi connectivity index (χ0n) is 10.1. The lowest BCUT2D eigenvalue weighted by Gasteiger charge is -2.14. The van der Waals surface area contributed by atoms with Gasteiger partial charge in [-0.1, -0.05) is 11.6 Å². The van der Waals surface area contributed by atoms with E-state index in [9.17, 15) is 9.18 Å². The maximum Gasteiger partial charge on any atom is 0.251 e.